The first-order chi connectivity index (χ1) is 19.9. The molecular weight excluding hydrogens is 530 g/mol. The van der Waals surface area contributed by atoms with E-state index in [1.807, 2.05) is 13.8 Å². The molecule has 0 N–H and O–H groups in total. The van der Waals surface area contributed by atoms with Crippen molar-refractivity contribution >= 4 is 34.8 Å². The number of hydrogen-bond acceptors (Lipinski definition) is 10. The van der Waals surface area contributed by atoms with Crippen LogP contribution in [0, 0.1) is 0 Å². The van der Waals surface area contributed by atoms with Gasteiger partial charge in [0.05, 0.1) is 6.54 Å². The van der Waals surface area contributed by atoms with Crippen molar-refractivity contribution in [3.05, 3.63) is 47.3 Å². The number of unbranched alkanes of at least 4 members (excludes halogenated alkanes) is 4. The Labute approximate surface area is 236 Å². The molecule has 2 amide bonds. The van der Waals surface area contributed by atoms with Crippen LogP contribution in [0.15, 0.2) is 30.6 Å². The highest BCUT2D eigenvalue weighted by Gasteiger charge is 2.44. The van der Waals surface area contributed by atoms with Gasteiger partial charge in [0.15, 0.2) is 23.0 Å². The van der Waals surface area contributed by atoms with Crippen LogP contribution in [0.3, 0.4) is 0 Å². The number of rotatable bonds is 12. The van der Waals surface area contributed by atoms with E-state index in [9.17, 15) is 19.2 Å². The molecule has 5 rings (SSSR count). The summed E-state index contributed by atoms with van der Waals surface area (Å²) in [7, 11) is 0. The van der Waals surface area contributed by atoms with E-state index in [1.54, 1.807) is 18.2 Å². The lowest BCUT2D eigenvalue weighted by Gasteiger charge is -2.14. The summed E-state index contributed by atoms with van der Waals surface area (Å²) >= 11 is 0. The first-order valence-corrected chi connectivity index (χ1v) is 13.9. The third kappa shape index (κ3) is 5.70. The highest BCUT2D eigenvalue weighted by Crippen LogP contribution is 2.44. The van der Waals surface area contributed by atoms with Crippen LogP contribution in [0.25, 0.3) is 11.0 Å². The van der Waals surface area contributed by atoms with Gasteiger partial charge in [0, 0.05) is 25.2 Å². The van der Waals surface area contributed by atoms with Gasteiger partial charge in [-0.25, -0.2) is 9.97 Å². The number of imide groups is 1. The van der Waals surface area contributed by atoms with Crippen LogP contribution in [0.1, 0.15) is 91.5 Å². The molecule has 3 heterocycles. The molecule has 0 unspecified atom stereocenters. The van der Waals surface area contributed by atoms with Crippen molar-refractivity contribution in [3.8, 4) is 23.0 Å². The number of benzene rings is 2. The van der Waals surface area contributed by atoms with Gasteiger partial charge in [0.25, 0.3) is 11.8 Å². The number of amides is 2. The maximum Gasteiger partial charge on any atom is 0.311 e. The molecule has 0 saturated carbocycles. The lowest BCUT2D eigenvalue weighted by Crippen LogP contribution is -2.29. The second kappa shape index (κ2) is 12.3. The Kier molecular flexibility index (Phi) is 8.42. The van der Waals surface area contributed by atoms with E-state index in [0.717, 1.165) is 30.6 Å². The monoisotopic (exact) mass is 561 g/mol. The number of ether oxygens (including phenoxy) is 4. The first-order valence-electron chi connectivity index (χ1n) is 13.9. The third-order valence-electron chi connectivity index (χ3n) is 6.93. The zero-order valence-electron chi connectivity index (χ0n) is 23.1. The van der Waals surface area contributed by atoms with Crippen LogP contribution in [0.2, 0.25) is 0 Å². The number of esters is 2. The molecule has 1 aromatic heterocycles. The quantitative estimate of drug-likeness (QED) is 0.127. The van der Waals surface area contributed by atoms with Crippen LogP contribution in [0.5, 0.6) is 23.0 Å². The van der Waals surface area contributed by atoms with Crippen molar-refractivity contribution in [2.45, 2.75) is 71.8 Å². The summed E-state index contributed by atoms with van der Waals surface area (Å²) in [5.74, 6) is -1.79. The molecule has 0 bridgehead atoms. The number of hydrogen-bond donors (Lipinski definition) is 0. The summed E-state index contributed by atoms with van der Waals surface area (Å²) < 4.78 is 22.2. The fraction of sp³-hybridized carbons (Fsp3) is 0.400. The van der Waals surface area contributed by atoms with E-state index >= 15 is 0 Å². The number of carbonyl (C=O) groups excluding carboxylic acids is 4. The minimum absolute atomic E-state index is 0.0533. The van der Waals surface area contributed by atoms with E-state index in [1.165, 1.54) is 12.4 Å². The fourth-order valence-electron chi connectivity index (χ4n) is 4.84. The Morgan fingerprint density at radius 3 is 1.88 bits per heavy atom. The standard InChI is InChI=1S/C30H31N3O8/c1-3-5-7-9-21(34)40-27-23-24(28(26-25(27)31-13-14-32-26)41-22(35)10-8-6-4-2)30(37)33(29(23)36)16-18-11-12-19-20(15-18)39-17-38-19/h11-15H,3-10,16-17H2,1-2H3. The van der Waals surface area contributed by atoms with Crippen molar-refractivity contribution in [2.24, 2.45) is 0 Å². The average Bonchev–Trinajstić information content (AvgIpc) is 3.53. The van der Waals surface area contributed by atoms with E-state index in [-0.39, 0.29) is 59.8 Å². The van der Waals surface area contributed by atoms with E-state index in [2.05, 4.69) is 9.97 Å². The molecule has 11 nitrogen and oxygen atoms in total. The molecule has 2 aliphatic rings. The van der Waals surface area contributed by atoms with Crippen molar-refractivity contribution in [1.29, 1.82) is 0 Å². The second-order valence-electron chi connectivity index (χ2n) is 9.91. The molecule has 41 heavy (non-hydrogen) atoms. The van der Waals surface area contributed by atoms with Gasteiger partial charge in [-0.05, 0) is 30.5 Å². The van der Waals surface area contributed by atoms with Crippen molar-refractivity contribution < 1.29 is 38.1 Å². The zero-order chi connectivity index (χ0) is 28.9. The minimum Gasteiger partial charge on any atom is -0.454 e. The maximum absolute atomic E-state index is 13.9. The molecule has 3 aromatic rings. The maximum atomic E-state index is 13.9. The van der Waals surface area contributed by atoms with Crippen molar-refractivity contribution in [3.63, 3.8) is 0 Å². The Morgan fingerprint density at radius 1 is 0.805 bits per heavy atom. The minimum atomic E-state index is -0.699. The highest BCUT2D eigenvalue weighted by molar-refractivity contribution is 6.27. The number of aromatic nitrogens is 2. The lowest BCUT2D eigenvalue weighted by molar-refractivity contribution is -0.135. The van der Waals surface area contributed by atoms with Crippen LogP contribution < -0.4 is 18.9 Å². The zero-order valence-corrected chi connectivity index (χ0v) is 23.1. The highest BCUT2D eigenvalue weighted by atomic mass is 16.7. The number of carbonyl (C=O) groups is 4. The molecule has 0 spiro atoms. The van der Waals surface area contributed by atoms with E-state index in [0.29, 0.717) is 29.9 Å². The molecular formula is C30H31N3O8. The topological polar surface area (TPSA) is 134 Å². The van der Waals surface area contributed by atoms with Gasteiger partial charge < -0.3 is 18.9 Å². The molecule has 0 atom stereocenters. The van der Waals surface area contributed by atoms with Crippen molar-refractivity contribution in [1.82, 2.24) is 14.9 Å². The molecule has 11 heteroatoms. The molecule has 2 aliphatic heterocycles. The predicted octanol–water partition coefficient (Wildman–Crippen LogP) is 5.13. The number of nitrogens with zero attached hydrogens (tertiary/aromatic N) is 3. The lowest BCUT2D eigenvalue weighted by atomic mass is 10.0. The van der Waals surface area contributed by atoms with Gasteiger partial charge in [0.1, 0.15) is 22.2 Å². The summed E-state index contributed by atoms with van der Waals surface area (Å²) in [6.07, 6.45) is 7.72. The van der Waals surface area contributed by atoms with Gasteiger partial charge in [-0.2, -0.15) is 0 Å². The molecule has 214 valence electrons. The smallest absolute Gasteiger partial charge is 0.311 e. The van der Waals surface area contributed by atoms with Gasteiger partial charge in [-0.1, -0.05) is 45.6 Å². The summed E-state index contributed by atoms with van der Waals surface area (Å²) in [5.41, 5.74) is 0.365. The Morgan fingerprint density at radius 2 is 1.34 bits per heavy atom. The molecule has 0 fully saturated rings. The van der Waals surface area contributed by atoms with Crippen LogP contribution >= 0.6 is 0 Å². The van der Waals surface area contributed by atoms with Crippen molar-refractivity contribution in [2.75, 3.05) is 6.79 Å². The molecule has 0 saturated heterocycles. The van der Waals surface area contributed by atoms with Crippen LogP contribution in [-0.4, -0.2) is 45.4 Å². The largest absolute Gasteiger partial charge is 0.454 e. The number of fused-ring (bicyclic) bond motifs is 3. The summed E-state index contributed by atoms with van der Waals surface area (Å²) in [4.78, 5) is 63.0. The summed E-state index contributed by atoms with van der Waals surface area (Å²) in [6.45, 7) is 4.01. The fourth-order valence-corrected chi connectivity index (χ4v) is 4.84. The normalized spacial score (nSPS) is 13.6. The molecule has 2 aromatic carbocycles. The molecule has 0 aliphatic carbocycles. The van der Waals surface area contributed by atoms with Gasteiger partial charge in [0.2, 0.25) is 6.79 Å². The van der Waals surface area contributed by atoms with Crippen LogP contribution in [0.4, 0.5) is 0 Å². The van der Waals surface area contributed by atoms with E-state index < -0.39 is 23.8 Å². The first kappa shape index (κ1) is 28.0. The Bertz CT molecular complexity index is 1440. The predicted molar refractivity (Wildman–Crippen MR) is 146 cm³/mol. The summed E-state index contributed by atoms with van der Waals surface area (Å²) in [5, 5.41) is 0. The average molecular weight is 562 g/mol. The summed E-state index contributed by atoms with van der Waals surface area (Å²) in [6, 6.07) is 5.11. The van der Waals surface area contributed by atoms with E-state index in [4.69, 9.17) is 18.9 Å². The Balaban J connectivity index is 1.57. The van der Waals surface area contributed by atoms with Gasteiger partial charge in [-0.15, -0.1) is 0 Å². The third-order valence-corrected chi connectivity index (χ3v) is 6.93. The SMILES string of the molecule is CCCCCC(=O)Oc1c2c(c(OC(=O)CCCCC)c3nccnc13)C(=O)N(Cc1ccc3c(c1)OCO3)C2=O. The Hall–Kier alpha value is -4.54. The molecule has 0 radical (unpaired) electrons. The second-order valence-corrected chi connectivity index (χ2v) is 9.91. The van der Waals surface area contributed by atoms with Crippen LogP contribution in [-0.2, 0) is 16.1 Å². The van der Waals surface area contributed by atoms with Gasteiger partial charge in [-0.3, -0.25) is 24.1 Å². The van der Waals surface area contributed by atoms with Gasteiger partial charge >= 0.3 is 11.9 Å².